The minimum atomic E-state index is -1.99. The summed E-state index contributed by atoms with van der Waals surface area (Å²) in [5.74, 6) is -0.296. The van der Waals surface area contributed by atoms with E-state index in [2.05, 4.69) is 67.8 Å². The van der Waals surface area contributed by atoms with Crippen LogP contribution < -0.4 is 5.32 Å². The molecule has 3 saturated heterocycles. The number of hydrogen-bond donors (Lipinski definition) is 12. The van der Waals surface area contributed by atoms with Crippen molar-refractivity contribution in [2.24, 2.45) is 0 Å². The minimum Gasteiger partial charge on any atom is -0.394 e. The number of amides is 1. The number of allylic oxidation sites excluding steroid dienone is 9. The zero-order valence-corrected chi connectivity index (χ0v) is 61.7. The molecule has 3 aliphatic heterocycles. The van der Waals surface area contributed by atoms with Gasteiger partial charge in [-0.25, -0.2) is 0 Å². The molecule has 19 heteroatoms. The van der Waals surface area contributed by atoms with Gasteiger partial charge in [0.1, 0.15) is 73.2 Å². The molecule has 99 heavy (non-hydrogen) atoms. The average molecular weight is 1410 g/mol. The van der Waals surface area contributed by atoms with Gasteiger partial charge in [0.25, 0.3) is 0 Å². The van der Waals surface area contributed by atoms with Gasteiger partial charge < -0.3 is 89.9 Å². The molecular formula is C80H145NO18. The largest absolute Gasteiger partial charge is 0.394 e. The third-order valence-corrected chi connectivity index (χ3v) is 19.8. The fourth-order valence-corrected chi connectivity index (χ4v) is 13.3. The molecule has 3 aliphatic rings. The molecule has 0 spiro atoms. The molecule has 0 bridgehead atoms. The van der Waals surface area contributed by atoms with Crippen molar-refractivity contribution in [3.05, 3.63) is 60.8 Å². The highest BCUT2D eigenvalue weighted by Crippen LogP contribution is 2.33. The van der Waals surface area contributed by atoms with Crippen LogP contribution in [-0.4, -0.2) is 193 Å². The third-order valence-electron chi connectivity index (χ3n) is 19.8. The van der Waals surface area contributed by atoms with Gasteiger partial charge in [-0.15, -0.1) is 0 Å². The Balaban J connectivity index is 1.39. The zero-order chi connectivity index (χ0) is 71.8. The lowest BCUT2D eigenvalue weighted by Gasteiger charge is -2.48. The number of aliphatic hydroxyl groups is 11. The van der Waals surface area contributed by atoms with Crippen LogP contribution in [0.3, 0.4) is 0 Å². The fourth-order valence-electron chi connectivity index (χ4n) is 13.3. The summed E-state index contributed by atoms with van der Waals surface area (Å²) in [6.45, 7) is 1.73. The summed E-state index contributed by atoms with van der Waals surface area (Å²) in [5, 5.41) is 121. The molecule has 1 amide bonds. The van der Waals surface area contributed by atoms with Gasteiger partial charge in [-0.2, -0.15) is 0 Å². The first kappa shape index (κ1) is 90.7. The highest BCUT2D eigenvalue weighted by molar-refractivity contribution is 5.76. The van der Waals surface area contributed by atoms with E-state index in [4.69, 9.17) is 28.4 Å². The van der Waals surface area contributed by atoms with Crippen LogP contribution in [0.15, 0.2) is 60.8 Å². The molecule has 17 atom stereocenters. The maximum absolute atomic E-state index is 13.4. The van der Waals surface area contributed by atoms with Gasteiger partial charge in [-0.1, -0.05) is 293 Å². The number of rotatable bonds is 63. The van der Waals surface area contributed by atoms with Crippen molar-refractivity contribution in [3.63, 3.8) is 0 Å². The monoisotopic (exact) mass is 1410 g/mol. The Bertz CT molecular complexity index is 2020. The molecule has 3 fully saturated rings. The summed E-state index contributed by atoms with van der Waals surface area (Å²) in [4.78, 5) is 13.4. The van der Waals surface area contributed by atoms with E-state index in [1.54, 1.807) is 6.08 Å². The van der Waals surface area contributed by atoms with Gasteiger partial charge in [-0.05, 0) is 70.6 Å². The molecule has 0 aromatic carbocycles. The number of unbranched alkanes of at least 4 members (excludes halogenated alkanes) is 39. The Kier molecular flexibility index (Phi) is 55.6. The van der Waals surface area contributed by atoms with Gasteiger partial charge in [0.15, 0.2) is 18.9 Å². The first-order valence-electron chi connectivity index (χ1n) is 40.0. The van der Waals surface area contributed by atoms with E-state index in [-0.39, 0.29) is 18.9 Å². The molecule has 0 aliphatic carbocycles. The molecule has 19 nitrogen and oxygen atoms in total. The van der Waals surface area contributed by atoms with Gasteiger partial charge in [-0.3, -0.25) is 4.79 Å². The lowest BCUT2D eigenvalue weighted by molar-refractivity contribution is -0.379. The van der Waals surface area contributed by atoms with E-state index in [1.807, 2.05) is 6.08 Å². The Labute approximate surface area is 598 Å². The first-order chi connectivity index (χ1) is 48.3. The van der Waals surface area contributed by atoms with Crippen molar-refractivity contribution in [2.45, 2.75) is 413 Å². The number of aliphatic hydroxyl groups excluding tert-OH is 11. The molecule has 12 N–H and O–H groups in total. The quantitative estimate of drug-likeness (QED) is 0.0199. The number of hydrogen-bond acceptors (Lipinski definition) is 18. The van der Waals surface area contributed by atoms with E-state index in [9.17, 15) is 61.0 Å². The highest BCUT2D eigenvalue weighted by atomic mass is 16.8. The Morgan fingerprint density at radius 3 is 1.08 bits per heavy atom. The number of carbonyl (C=O) groups excluding carboxylic acids is 1. The van der Waals surface area contributed by atoms with Crippen LogP contribution in [0.1, 0.15) is 309 Å². The SMILES string of the molecule is CCCCCCC/C=C\C/C=C\C/C=C\CCCCCCCCC(=O)NC(COC1OC(CO)C(OC2OC(CO)C(OC3OC(CO)C(O)C(O)C3O)C(O)C2O)C(O)C1O)C(O)/C=C/CC/C=C/CCCCCCCCCCCCCCCCCCCCCCCCCCCCC. The molecule has 0 aromatic rings. The molecule has 0 radical (unpaired) electrons. The Morgan fingerprint density at radius 1 is 0.364 bits per heavy atom. The van der Waals surface area contributed by atoms with Crippen molar-refractivity contribution < 1.29 is 89.4 Å². The molecule has 3 rings (SSSR count). The third kappa shape index (κ3) is 41.1. The van der Waals surface area contributed by atoms with Gasteiger partial charge in [0, 0.05) is 6.42 Å². The summed E-state index contributed by atoms with van der Waals surface area (Å²) in [6.07, 6.45) is 50.8. The summed E-state index contributed by atoms with van der Waals surface area (Å²) in [5.41, 5.74) is 0. The van der Waals surface area contributed by atoms with Crippen LogP contribution in [0.2, 0.25) is 0 Å². The van der Waals surface area contributed by atoms with Gasteiger partial charge in [0.2, 0.25) is 5.91 Å². The molecule has 0 saturated carbocycles. The lowest BCUT2D eigenvalue weighted by Crippen LogP contribution is -2.66. The van der Waals surface area contributed by atoms with Crippen LogP contribution in [-0.2, 0) is 33.2 Å². The molecule has 3 heterocycles. The van der Waals surface area contributed by atoms with Crippen molar-refractivity contribution in [1.82, 2.24) is 5.32 Å². The highest BCUT2D eigenvalue weighted by Gasteiger charge is 2.54. The van der Waals surface area contributed by atoms with Crippen molar-refractivity contribution in [1.29, 1.82) is 0 Å². The van der Waals surface area contributed by atoms with Crippen LogP contribution >= 0.6 is 0 Å². The average Bonchev–Trinajstić information content (AvgIpc) is 0.784. The fraction of sp³-hybridized carbons (Fsp3) is 0.863. The van der Waals surface area contributed by atoms with Crippen molar-refractivity contribution >= 4 is 5.91 Å². The van der Waals surface area contributed by atoms with E-state index < -0.39 is 124 Å². The zero-order valence-electron chi connectivity index (χ0n) is 61.7. The van der Waals surface area contributed by atoms with Crippen LogP contribution in [0, 0.1) is 0 Å². The van der Waals surface area contributed by atoms with E-state index in [1.165, 1.54) is 205 Å². The molecular weight excluding hydrogens is 1260 g/mol. The van der Waals surface area contributed by atoms with Crippen LogP contribution in [0.5, 0.6) is 0 Å². The summed E-state index contributed by atoms with van der Waals surface area (Å²) >= 11 is 0. The standard InChI is InChI=1S/C80H145NO18/c1-3-5-7-9-11-13-15-17-19-21-23-25-26-27-28-29-30-31-32-33-34-35-36-38-39-41-43-45-47-49-51-53-55-57-64(85)63(81-68(86)58-56-54-52-50-48-46-44-42-40-37-24-22-20-18-16-14-12-10-8-6-4-2)62-94-78-74(92)71(89)76(66(60-83)96-78)99-80-75(93)72(90)77(67(61-84)97-80)98-79-73(91)70(88)69(87)65(59-82)95-79/h16,18,22,24,40,42,47,49,55,57,63-67,69-80,82-85,87-93H,3-15,17,19-21,23,25-39,41,43-46,48,50-54,56,58-62H2,1-2H3,(H,81,86)/b18-16-,24-22-,42-40-,49-47+,57-55+. The summed E-state index contributed by atoms with van der Waals surface area (Å²) < 4.78 is 34.4. The van der Waals surface area contributed by atoms with Crippen molar-refractivity contribution in [3.8, 4) is 0 Å². The second kappa shape index (κ2) is 60.7. The maximum atomic E-state index is 13.4. The van der Waals surface area contributed by atoms with E-state index in [0.29, 0.717) is 12.8 Å². The topological polar surface area (TPSA) is 307 Å². The maximum Gasteiger partial charge on any atom is 0.220 e. The van der Waals surface area contributed by atoms with E-state index in [0.717, 1.165) is 70.6 Å². The molecule has 17 unspecified atom stereocenters. The van der Waals surface area contributed by atoms with E-state index >= 15 is 0 Å². The van der Waals surface area contributed by atoms with Crippen molar-refractivity contribution in [2.75, 3.05) is 26.4 Å². The second-order valence-corrected chi connectivity index (χ2v) is 28.5. The first-order valence-corrected chi connectivity index (χ1v) is 40.0. The smallest absolute Gasteiger partial charge is 0.220 e. The van der Waals surface area contributed by atoms with Crippen LogP contribution in [0.25, 0.3) is 0 Å². The number of ether oxygens (including phenoxy) is 6. The predicted molar refractivity (Wildman–Crippen MR) is 392 cm³/mol. The predicted octanol–water partition coefficient (Wildman–Crippen LogP) is 13.1. The van der Waals surface area contributed by atoms with Gasteiger partial charge in [0.05, 0.1) is 38.6 Å². The lowest BCUT2D eigenvalue weighted by atomic mass is 9.96. The normalized spacial score (nSPS) is 26.9. The Morgan fingerprint density at radius 2 is 0.677 bits per heavy atom. The minimum absolute atomic E-state index is 0.219. The Hall–Kier alpha value is -2.51. The summed E-state index contributed by atoms with van der Waals surface area (Å²) in [7, 11) is 0. The number of carbonyl (C=O) groups is 1. The van der Waals surface area contributed by atoms with Gasteiger partial charge >= 0.3 is 0 Å². The van der Waals surface area contributed by atoms with Crippen LogP contribution in [0.4, 0.5) is 0 Å². The second-order valence-electron chi connectivity index (χ2n) is 28.5. The molecule has 578 valence electrons. The summed E-state index contributed by atoms with van der Waals surface area (Å²) in [6, 6.07) is -1.00. The molecule has 0 aromatic heterocycles. The number of nitrogens with one attached hydrogen (secondary N) is 1.